The number of amides is 1. The van der Waals surface area contributed by atoms with E-state index in [2.05, 4.69) is 22.1 Å². The number of nitrogen functional groups attached to an aromatic ring is 1. The summed E-state index contributed by atoms with van der Waals surface area (Å²) in [6.07, 6.45) is 0.475. The van der Waals surface area contributed by atoms with Crippen LogP contribution in [-0.2, 0) is 4.79 Å². The smallest absolute Gasteiger partial charge is 0.227 e. The van der Waals surface area contributed by atoms with Crippen LogP contribution in [0.25, 0.3) is 10.2 Å². The lowest BCUT2D eigenvalue weighted by Crippen LogP contribution is -2.23. The average Bonchev–Trinajstić information content (AvgIpc) is 2.77. The number of nitrogens with two attached hydrogens (primary N) is 1. The van der Waals surface area contributed by atoms with E-state index in [1.807, 2.05) is 25.2 Å². The van der Waals surface area contributed by atoms with Crippen LogP contribution in [0.1, 0.15) is 13.3 Å². The Balaban J connectivity index is 1.99. The largest absolute Gasteiger partial charge is 0.399 e. The lowest BCUT2D eigenvalue weighted by atomic mass is 10.3. The van der Waals surface area contributed by atoms with Gasteiger partial charge < -0.3 is 16.0 Å². The Bertz CT molecular complexity index is 581. The molecule has 0 bridgehead atoms. The highest BCUT2D eigenvalue weighted by Crippen LogP contribution is 2.27. The van der Waals surface area contributed by atoms with Crippen molar-refractivity contribution in [3.63, 3.8) is 0 Å². The van der Waals surface area contributed by atoms with Crippen molar-refractivity contribution in [2.75, 3.05) is 31.2 Å². The highest BCUT2D eigenvalue weighted by molar-refractivity contribution is 7.22. The van der Waals surface area contributed by atoms with Crippen molar-refractivity contribution >= 4 is 38.3 Å². The van der Waals surface area contributed by atoms with Crippen LogP contribution in [-0.4, -0.2) is 35.9 Å². The topological polar surface area (TPSA) is 71.2 Å². The number of thiazole rings is 1. The first-order chi connectivity index (χ1) is 9.08. The van der Waals surface area contributed by atoms with Gasteiger partial charge in [-0.05, 0) is 31.8 Å². The SMILES string of the molecule is CCN(C)CCC(=O)Nc1nc2ccc(N)cc2s1. The van der Waals surface area contributed by atoms with Crippen molar-refractivity contribution in [3.8, 4) is 0 Å². The number of carbonyl (C=O) groups is 1. The van der Waals surface area contributed by atoms with E-state index in [0.717, 1.165) is 23.3 Å². The zero-order chi connectivity index (χ0) is 13.8. The monoisotopic (exact) mass is 278 g/mol. The van der Waals surface area contributed by atoms with E-state index in [1.54, 1.807) is 0 Å². The number of nitrogens with zero attached hydrogens (tertiary/aromatic N) is 2. The molecule has 1 amide bonds. The third kappa shape index (κ3) is 3.65. The molecule has 0 aliphatic carbocycles. The minimum Gasteiger partial charge on any atom is -0.399 e. The fourth-order valence-electron chi connectivity index (χ4n) is 1.63. The molecule has 19 heavy (non-hydrogen) atoms. The van der Waals surface area contributed by atoms with E-state index < -0.39 is 0 Å². The molecule has 0 aliphatic rings. The minimum absolute atomic E-state index is 0.00710. The maximum atomic E-state index is 11.8. The first-order valence-corrected chi connectivity index (χ1v) is 7.04. The Kier molecular flexibility index (Phi) is 4.34. The predicted octanol–water partition coefficient (Wildman–Crippen LogP) is 2.16. The molecule has 1 aromatic heterocycles. The Hall–Kier alpha value is -1.66. The first-order valence-electron chi connectivity index (χ1n) is 6.23. The molecule has 2 aromatic rings. The molecule has 0 atom stereocenters. The number of rotatable bonds is 5. The zero-order valence-electron chi connectivity index (χ0n) is 11.1. The molecule has 2 rings (SSSR count). The summed E-state index contributed by atoms with van der Waals surface area (Å²) in [6.45, 7) is 3.75. The van der Waals surface area contributed by atoms with Crippen molar-refractivity contribution in [2.45, 2.75) is 13.3 Å². The van der Waals surface area contributed by atoms with Gasteiger partial charge in [0, 0.05) is 18.7 Å². The molecule has 0 fully saturated rings. The molecule has 3 N–H and O–H groups in total. The van der Waals surface area contributed by atoms with Crippen molar-refractivity contribution in [3.05, 3.63) is 18.2 Å². The van der Waals surface area contributed by atoms with Gasteiger partial charge >= 0.3 is 0 Å². The fraction of sp³-hybridized carbons (Fsp3) is 0.385. The Morgan fingerprint density at radius 3 is 3.05 bits per heavy atom. The standard InChI is InChI=1S/C13H18N4OS/c1-3-17(2)7-6-12(18)16-13-15-10-5-4-9(14)8-11(10)19-13/h4-5,8H,3,6-7,14H2,1-2H3,(H,15,16,18). The molecule has 0 radical (unpaired) electrons. The molecule has 0 spiro atoms. The maximum absolute atomic E-state index is 11.8. The van der Waals surface area contributed by atoms with Gasteiger partial charge in [0.05, 0.1) is 10.2 Å². The van der Waals surface area contributed by atoms with Gasteiger partial charge in [0.2, 0.25) is 5.91 Å². The van der Waals surface area contributed by atoms with E-state index >= 15 is 0 Å². The molecule has 0 unspecified atom stereocenters. The molecule has 0 saturated heterocycles. The Morgan fingerprint density at radius 2 is 2.32 bits per heavy atom. The van der Waals surface area contributed by atoms with E-state index in [9.17, 15) is 4.79 Å². The van der Waals surface area contributed by atoms with E-state index in [0.29, 0.717) is 17.2 Å². The predicted molar refractivity (Wildman–Crippen MR) is 80.5 cm³/mol. The normalized spacial score (nSPS) is 11.1. The third-order valence-electron chi connectivity index (χ3n) is 2.92. The van der Waals surface area contributed by atoms with Crippen molar-refractivity contribution in [1.82, 2.24) is 9.88 Å². The first kappa shape index (κ1) is 13.8. The van der Waals surface area contributed by atoms with Crippen LogP contribution in [0, 0.1) is 0 Å². The number of aromatic nitrogens is 1. The molecule has 1 heterocycles. The van der Waals surface area contributed by atoms with Crippen molar-refractivity contribution in [2.24, 2.45) is 0 Å². The average molecular weight is 278 g/mol. The number of nitrogens with one attached hydrogen (secondary N) is 1. The number of hydrogen-bond acceptors (Lipinski definition) is 5. The lowest BCUT2D eigenvalue weighted by molar-refractivity contribution is -0.116. The van der Waals surface area contributed by atoms with Crippen LogP contribution in [0.3, 0.4) is 0 Å². The second-order valence-corrected chi connectivity index (χ2v) is 5.47. The molecule has 1 aromatic carbocycles. The van der Waals surface area contributed by atoms with Crippen LogP contribution in [0.2, 0.25) is 0 Å². The summed E-state index contributed by atoms with van der Waals surface area (Å²) in [5.41, 5.74) is 7.29. The molecule has 102 valence electrons. The van der Waals surface area contributed by atoms with Gasteiger partial charge in [-0.3, -0.25) is 4.79 Å². The number of fused-ring (bicyclic) bond motifs is 1. The van der Waals surface area contributed by atoms with E-state index in [1.165, 1.54) is 11.3 Å². The fourth-order valence-corrected chi connectivity index (χ4v) is 2.56. The summed E-state index contributed by atoms with van der Waals surface area (Å²) in [5.74, 6) is -0.00710. The lowest BCUT2D eigenvalue weighted by Gasteiger charge is -2.12. The molecule has 0 saturated carbocycles. The van der Waals surface area contributed by atoms with Gasteiger partial charge in [-0.25, -0.2) is 4.98 Å². The molecule has 0 aliphatic heterocycles. The highest BCUT2D eigenvalue weighted by atomic mass is 32.1. The Labute approximate surface area is 116 Å². The van der Waals surface area contributed by atoms with Gasteiger partial charge in [0.1, 0.15) is 0 Å². The molecular weight excluding hydrogens is 260 g/mol. The quantitative estimate of drug-likeness (QED) is 0.822. The van der Waals surface area contributed by atoms with Crippen LogP contribution in [0.15, 0.2) is 18.2 Å². The number of anilines is 2. The van der Waals surface area contributed by atoms with Gasteiger partial charge in [-0.15, -0.1) is 0 Å². The van der Waals surface area contributed by atoms with Crippen LogP contribution < -0.4 is 11.1 Å². The number of benzene rings is 1. The third-order valence-corrected chi connectivity index (χ3v) is 3.85. The van der Waals surface area contributed by atoms with E-state index in [-0.39, 0.29) is 5.91 Å². The van der Waals surface area contributed by atoms with Gasteiger partial charge in [0.15, 0.2) is 5.13 Å². The summed E-state index contributed by atoms with van der Waals surface area (Å²) in [5, 5.41) is 3.46. The molecular formula is C13H18N4OS. The maximum Gasteiger partial charge on any atom is 0.227 e. The van der Waals surface area contributed by atoms with Crippen LogP contribution >= 0.6 is 11.3 Å². The van der Waals surface area contributed by atoms with Gasteiger partial charge in [-0.2, -0.15) is 0 Å². The van der Waals surface area contributed by atoms with E-state index in [4.69, 9.17) is 5.73 Å². The number of hydrogen-bond donors (Lipinski definition) is 2. The second-order valence-electron chi connectivity index (χ2n) is 4.44. The summed E-state index contributed by atoms with van der Waals surface area (Å²) < 4.78 is 0.987. The zero-order valence-corrected chi connectivity index (χ0v) is 12.0. The van der Waals surface area contributed by atoms with Crippen LogP contribution in [0.4, 0.5) is 10.8 Å². The number of carbonyl (C=O) groups excluding carboxylic acids is 1. The van der Waals surface area contributed by atoms with Crippen molar-refractivity contribution < 1.29 is 4.79 Å². The van der Waals surface area contributed by atoms with Gasteiger partial charge in [0.25, 0.3) is 0 Å². The molecule has 5 nitrogen and oxygen atoms in total. The highest BCUT2D eigenvalue weighted by Gasteiger charge is 2.08. The summed E-state index contributed by atoms with van der Waals surface area (Å²) >= 11 is 1.44. The summed E-state index contributed by atoms with van der Waals surface area (Å²) in [6, 6.07) is 5.54. The Morgan fingerprint density at radius 1 is 1.53 bits per heavy atom. The molecule has 6 heteroatoms. The summed E-state index contributed by atoms with van der Waals surface area (Å²) in [7, 11) is 1.99. The summed E-state index contributed by atoms with van der Waals surface area (Å²) in [4.78, 5) is 18.2. The minimum atomic E-state index is -0.00710. The van der Waals surface area contributed by atoms with Gasteiger partial charge in [-0.1, -0.05) is 18.3 Å². The van der Waals surface area contributed by atoms with Crippen LogP contribution in [0.5, 0.6) is 0 Å². The van der Waals surface area contributed by atoms with Crippen molar-refractivity contribution in [1.29, 1.82) is 0 Å². The second kappa shape index (κ2) is 5.99.